The van der Waals surface area contributed by atoms with Gasteiger partial charge in [-0.1, -0.05) is 48.5 Å². The zero-order valence-electron chi connectivity index (χ0n) is 17.5. The summed E-state index contributed by atoms with van der Waals surface area (Å²) in [6.45, 7) is 1.19. The minimum Gasteiger partial charge on any atom is -0.479 e. The molecule has 2 amide bonds. The van der Waals surface area contributed by atoms with E-state index in [1.807, 2.05) is 48.5 Å². The van der Waals surface area contributed by atoms with Gasteiger partial charge in [0.25, 0.3) is 0 Å². The lowest BCUT2D eigenvalue weighted by Gasteiger charge is -2.19. The Morgan fingerprint density at radius 3 is 2.22 bits per heavy atom. The molecule has 3 rings (SSSR count). The molecule has 2 unspecified atom stereocenters. The second-order valence-corrected chi connectivity index (χ2v) is 7.25. The quantitative estimate of drug-likeness (QED) is 0.468. The van der Waals surface area contributed by atoms with Crippen molar-refractivity contribution >= 4 is 18.0 Å². The number of carbonyl (C=O) groups excluding carboxylic acids is 2. The van der Waals surface area contributed by atoms with E-state index < -0.39 is 36.7 Å². The first-order chi connectivity index (χ1) is 15.4. The summed E-state index contributed by atoms with van der Waals surface area (Å²) in [5.41, 5.74) is 4.33. The number of nitrogens with one attached hydrogen (secondary N) is 2. The Hall–Kier alpha value is -3.83. The Morgan fingerprint density at radius 1 is 1.06 bits per heavy atom. The number of aliphatic hydroxyl groups excluding tert-OH is 1. The first kappa shape index (κ1) is 22.8. The van der Waals surface area contributed by atoms with Crippen LogP contribution in [-0.4, -0.2) is 53.5 Å². The molecule has 0 bridgehead atoms. The largest absolute Gasteiger partial charge is 0.479 e. The lowest BCUT2D eigenvalue weighted by molar-refractivity contribution is -0.146. The van der Waals surface area contributed by atoms with Crippen LogP contribution < -0.4 is 10.6 Å². The van der Waals surface area contributed by atoms with Crippen LogP contribution in [0.3, 0.4) is 0 Å². The summed E-state index contributed by atoms with van der Waals surface area (Å²) in [6.07, 6.45) is -2.52. The molecule has 166 valence electrons. The number of carboxylic acids is 1. The number of benzene rings is 2. The molecule has 2 atom stereocenters. The van der Waals surface area contributed by atoms with E-state index in [4.69, 9.17) is 9.84 Å². The number of aliphatic hydroxyl groups is 1. The number of aliphatic carboxylic acids is 1. The molecule has 0 saturated carbocycles. The lowest BCUT2D eigenvalue weighted by Crippen LogP contribution is -2.49. The number of fused-ring (bicyclic) bond motifs is 3. The molecule has 2 aromatic carbocycles. The molecule has 0 aliphatic heterocycles. The van der Waals surface area contributed by atoms with Crippen molar-refractivity contribution in [1.82, 2.24) is 10.6 Å². The second-order valence-electron chi connectivity index (χ2n) is 7.25. The molecule has 8 heteroatoms. The fourth-order valence-electron chi connectivity index (χ4n) is 3.60. The number of rotatable bonds is 8. The Bertz CT molecular complexity index is 1030. The van der Waals surface area contributed by atoms with Gasteiger partial charge in [0.05, 0.1) is 6.54 Å². The maximum Gasteiger partial charge on any atom is 0.407 e. The molecule has 2 aromatic rings. The van der Waals surface area contributed by atoms with E-state index in [9.17, 15) is 19.5 Å². The first-order valence-electron chi connectivity index (χ1n) is 10.1. The minimum atomic E-state index is -1.74. The molecule has 4 N–H and O–H groups in total. The fourth-order valence-corrected chi connectivity index (χ4v) is 3.60. The molecule has 0 aromatic heterocycles. The number of hydrogen-bond acceptors (Lipinski definition) is 5. The maximum atomic E-state index is 12.4. The van der Waals surface area contributed by atoms with Gasteiger partial charge in [0.2, 0.25) is 5.91 Å². The highest BCUT2D eigenvalue weighted by Gasteiger charge is 2.29. The van der Waals surface area contributed by atoms with Gasteiger partial charge in [-0.15, -0.1) is 11.8 Å². The summed E-state index contributed by atoms with van der Waals surface area (Å²) in [4.78, 5) is 35.5. The summed E-state index contributed by atoms with van der Waals surface area (Å²) in [5.74, 6) is 3.10. The number of ether oxygens (including phenoxy) is 1. The van der Waals surface area contributed by atoms with Crippen LogP contribution in [0.1, 0.15) is 30.4 Å². The molecule has 0 saturated heterocycles. The average molecular weight is 436 g/mol. The summed E-state index contributed by atoms with van der Waals surface area (Å²) < 4.78 is 5.44. The van der Waals surface area contributed by atoms with Crippen molar-refractivity contribution in [3.8, 4) is 23.0 Å². The SMILES string of the molecule is CC#CCC(NC(=O)OCC1c2ccccc2-c2ccccc21)C(=O)NCC(O)C(=O)O. The highest BCUT2D eigenvalue weighted by molar-refractivity contribution is 5.86. The van der Waals surface area contributed by atoms with Crippen LogP contribution in [0.4, 0.5) is 4.79 Å². The molecule has 1 aliphatic carbocycles. The maximum absolute atomic E-state index is 12.4. The number of carbonyl (C=O) groups is 3. The lowest BCUT2D eigenvalue weighted by atomic mass is 9.98. The van der Waals surface area contributed by atoms with Gasteiger partial charge in [0, 0.05) is 12.3 Å². The van der Waals surface area contributed by atoms with Crippen LogP contribution in [0.5, 0.6) is 0 Å². The van der Waals surface area contributed by atoms with Crippen molar-refractivity contribution in [2.45, 2.75) is 31.4 Å². The highest BCUT2D eigenvalue weighted by atomic mass is 16.5. The van der Waals surface area contributed by atoms with Crippen molar-refractivity contribution < 1.29 is 29.3 Å². The molecular formula is C24H24N2O6. The van der Waals surface area contributed by atoms with E-state index in [1.165, 1.54) is 0 Å². The first-order valence-corrected chi connectivity index (χ1v) is 10.1. The van der Waals surface area contributed by atoms with Gasteiger partial charge >= 0.3 is 12.1 Å². The van der Waals surface area contributed by atoms with Crippen molar-refractivity contribution in [3.63, 3.8) is 0 Å². The molecule has 1 aliphatic rings. The second kappa shape index (κ2) is 10.5. The molecule has 0 fully saturated rings. The van der Waals surface area contributed by atoms with E-state index >= 15 is 0 Å². The Balaban J connectivity index is 1.63. The normalized spacial score (nSPS) is 13.6. The van der Waals surface area contributed by atoms with Gasteiger partial charge in [-0.2, -0.15) is 0 Å². The zero-order chi connectivity index (χ0) is 23.1. The monoisotopic (exact) mass is 436 g/mol. The van der Waals surface area contributed by atoms with Gasteiger partial charge in [-0.25, -0.2) is 9.59 Å². The molecule has 0 radical (unpaired) electrons. The number of hydrogen-bond donors (Lipinski definition) is 4. The fraction of sp³-hybridized carbons (Fsp3) is 0.292. The predicted octanol–water partition coefficient (Wildman–Crippen LogP) is 1.87. The molecule has 0 heterocycles. The van der Waals surface area contributed by atoms with Gasteiger partial charge in [0.1, 0.15) is 12.6 Å². The molecular weight excluding hydrogens is 412 g/mol. The van der Waals surface area contributed by atoms with Gasteiger partial charge in [-0.05, 0) is 29.2 Å². The van der Waals surface area contributed by atoms with Crippen molar-refractivity contribution in [2.24, 2.45) is 0 Å². The number of carboxylic acid groups (broad SMARTS) is 1. The summed E-state index contributed by atoms with van der Waals surface area (Å²) in [6, 6.07) is 14.8. The van der Waals surface area contributed by atoms with E-state index in [0.717, 1.165) is 22.3 Å². The number of alkyl carbamates (subject to hydrolysis) is 1. The smallest absolute Gasteiger partial charge is 0.407 e. The Kier molecular flexibility index (Phi) is 7.47. The van der Waals surface area contributed by atoms with Crippen LogP contribution in [0.15, 0.2) is 48.5 Å². The van der Waals surface area contributed by atoms with Crippen molar-refractivity contribution in [2.75, 3.05) is 13.2 Å². The topological polar surface area (TPSA) is 125 Å². The van der Waals surface area contributed by atoms with Crippen LogP contribution in [0.25, 0.3) is 11.1 Å². The summed E-state index contributed by atoms with van der Waals surface area (Å²) in [7, 11) is 0. The third kappa shape index (κ3) is 5.25. The Labute approximate surface area is 185 Å². The van der Waals surface area contributed by atoms with Crippen molar-refractivity contribution in [3.05, 3.63) is 59.7 Å². The van der Waals surface area contributed by atoms with Crippen LogP contribution >= 0.6 is 0 Å². The Morgan fingerprint density at radius 2 is 1.66 bits per heavy atom. The zero-order valence-corrected chi connectivity index (χ0v) is 17.5. The average Bonchev–Trinajstić information content (AvgIpc) is 3.12. The summed E-state index contributed by atoms with van der Waals surface area (Å²) >= 11 is 0. The molecule has 8 nitrogen and oxygen atoms in total. The molecule has 0 spiro atoms. The van der Waals surface area contributed by atoms with E-state index in [1.54, 1.807) is 6.92 Å². The van der Waals surface area contributed by atoms with E-state index in [0.29, 0.717) is 0 Å². The van der Waals surface area contributed by atoms with Crippen LogP contribution in [0.2, 0.25) is 0 Å². The predicted molar refractivity (Wildman–Crippen MR) is 117 cm³/mol. The standard InChI is InChI=1S/C24H24N2O6/c1-2-3-12-20(22(28)25-13-21(27)23(29)30)26-24(31)32-14-19-17-10-6-4-8-15(17)16-9-5-7-11-18(16)19/h4-11,19-21,27H,12-14H2,1H3,(H,25,28)(H,26,31)(H,29,30). The third-order valence-electron chi connectivity index (χ3n) is 5.19. The van der Waals surface area contributed by atoms with Crippen LogP contribution in [-0.2, 0) is 14.3 Å². The van der Waals surface area contributed by atoms with E-state index in [-0.39, 0.29) is 18.9 Å². The minimum absolute atomic E-state index is 0.00962. The highest BCUT2D eigenvalue weighted by Crippen LogP contribution is 2.44. The summed E-state index contributed by atoms with van der Waals surface area (Å²) in [5, 5.41) is 22.8. The number of amides is 2. The van der Waals surface area contributed by atoms with Gasteiger partial charge in [0.15, 0.2) is 6.10 Å². The van der Waals surface area contributed by atoms with Crippen LogP contribution in [0, 0.1) is 11.8 Å². The third-order valence-corrected chi connectivity index (χ3v) is 5.19. The van der Waals surface area contributed by atoms with Gasteiger partial charge in [-0.3, -0.25) is 4.79 Å². The molecule has 32 heavy (non-hydrogen) atoms. The van der Waals surface area contributed by atoms with E-state index in [2.05, 4.69) is 22.5 Å². The van der Waals surface area contributed by atoms with Crippen molar-refractivity contribution in [1.29, 1.82) is 0 Å². The van der Waals surface area contributed by atoms with Gasteiger partial charge < -0.3 is 25.6 Å².